The van der Waals surface area contributed by atoms with E-state index in [9.17, 15) is 15.2 Å². The fraction of sp³-hybridized carbons (Fsp3) is 0.667. The highest BCUT2D eigenvalue weighted by atomic mass is 17.0. The third-order valence-corrected chi connectivity index (χ3v) is 3.56. The largest absolute Gasteiger partial charge is 0.492 e. The second-order valence-electron chi connectivity index (χ2n) is 6.73. The van der Waals surface area contributed by atoms with Gasteiger partial charge >= 0.3 is 0 Å². The van der Waals surface area contributed by atoms with E-state index in [1.165, 1.54) is 0 Å². The number of rotatable bonds is 14. The summed E-state index contributed by atoms with van der Waals surface area (Å²) in [6.45, 7) is 8.12. The minimum absolute atomic E-state index is 0.0841. The number of nitrogens with zero attached hydrogens (tertiary/aromatic N) is 1. The van der Waals surface area contributed by atoms with E-state index in [1.54, 1.807) is 24.3 Å². The number of hydrogen-bond donors (Lipinski definition) is 2. The summed E-state index contributed by atoms with van der Waals surface area (Å²) in [4.78, 5) is 14.2. The fourth-order valence-electron chi connectivity index (χ4n) is 2.54. The fourth-order valence-corrected chi connectivity index (χ4v) is 2.54. The molecule has 1 aromatic rings. The Labute approximate surface area is 154 Å². The molecule has 148 valence electrons. The Morgan fingerprint density at radius 1 is 1.08 bits per heavy atom. The standard InChI is InChI=1S/C18H30N2O6/c1-14(2)10-15(3)11-19-12-16(21)13-25-18-6-4-17(5-7-18)24-8-9-26-20(22)23/h4-7,14-16,19,21H,8-13H2,1-3H3. The van der Waals surface area contributed by atoms with E-state index in [4.69, 9.17) is 9.47 Å². The molecule has 0 fully saturated rings. The molecule has 1 aromatic carbocycles. The van der Waals surface area contributed by atoms with Gasteiger partial charge in [-0.1, -0.05) is 20.8 Å². The van der Waals surface area contributed by atoms with Crippen molar-refractivity contribution in [3.05, 3.63) is 34.4 Å². The minimum Gasteiger partial charge on any atom is -0.492 e. The lowest BCUT2D eigenvalue weighted by molar-refractivity contribution is -0.757. The molecule has 0 amide bonds. The van der Waals surface area contributed by atoms with E-state index in [-0.39, 0.29) is 19.8 Å². The maximum Gasteiger partial charge on any atom is 0.294 e. The Morgan fingerprint density at radius 2 is 1.69 bits per heavy atom. The molecule has 2 unspecified atom stereocenters. The third kappa shape index (κ3) is 10.7. The van der Waals surface area contributed by atoms with Crippen LogP contribution >= 0.6 is 0 Å². The predicted molar refractivity (Wildman–Crippen MR) is 97.9 cm³/mol. The van der Waals surface area contributed by atoms with Crippen molar-refractivity contribution >= 4 is 0 Å². The maximum absolute atomic E-state index is 10.0. The van der Waals surface area contributed by atoms with E-state index < -0.39 is 11.2 Å². The van der Waals surface area contributed by atoms with Crippen molar-refractivity contribution in [1.29, 1.82) is 0 Å². The molecule has 2 N–H and O–H groups in total. The third-order valence-electron chi connectivity index (χ3n) is 3.56. The Kier molecular flexibility index (Phi) is 10.4. The van der Waals surface area contributed by atoms with Crippen molar-refractivity contribution in [3.63, 3.8) is 0 Å². The quantitative estimate of drug-likeness (QED) is 0.294. The Hall–Kier alpha value is -2.06. The van der Waals surface area contributed by atoms with E-state index in [1.807, 2.05) is 0 Å². The van der Waals surface area contributed by atoms with E-state index in [2.05, 4.69) is 30.9 Å². The van der Waals surface area contributed by atoms with Crippen LogP contribution in [0.25, 0.3) is 0 Å². The van der Waals surface area contributed by atoms with Gasteiger partial charge in [0, 0.05) is 6.54 Å². The zero-order valence-corrected chi connectivity index (χ0v) is 15.7. The minimum atomic E-state index is -0.856. The average Bonchev–Trinajstić information content (AvgIpc) is 2.57. The van der Waals surface area contributed by atoms with Crippen LogP contribution in [0.4, 0.5) is 0 Å². The van der Waals surface area contributed by atoms with Gasteiger partial charge in [0.2, 0.25) is 0 Å². The molecule has 8 heteroatoms. The van der Waals surface area contributed by atoms with E-state index >= 15 is 0 Å². The first kappa shape index (κ1) is 22.0. The summed E-state index contributed by atoms with van der Waals surface area (Å²) in [5.41, 5.74) is 0. The Morgan fingerprint density at radius 3 is 2.27 bits per heavy atom. The molecule has 0 saturated carbocycles. The number of nitrogens with one attached hydrogen (secondary N) is 1. The molecule has 0 aliphatic rings. The van der Waals surface area contributed by atoms with Gasteiger partial charge in [0.1, 0.15) is 37.4 Å². The molecular weight excluding hydrogens is 340 g/mol. The summed E-state index contributed by atoms with van der Waals surface area (Å²) >= 11 is 0. The first-order valence-corrected chi connectivity index (χ1v) is 8.88. The van der Waals surface area contributed by atoms with Gasteiger partial charge in [-0.25, -0.2) is 0 Å². The summed E-state index contributed by atoms with van der Waals surface area (Å²) in [5, 5.41) is 22.4. The summed E-state index contributed by atoms with van der Waals surface area (Å²) in [6.07, 6.45) is 0.572. The molecule has 8 nitrogen and oxygen atoms in total. The summed E-state index contributed by atoms with van der Waals surface area (Å²) in [5.74, 6) is 2.43. The van der Waals surface area contributed by atoms with E-state index in [0.717, 1.165) is 13.0 Å². The first-order chi connectivity index (χ1) is 12.4. The lowest BCUT2D eigenvalue weighted by Gasteiger charge is -2.17. The lowest BCUT2D eigenvalue weighted by Crippen LogP contribution is -2.34. The highest BCUT2D eigenvalue weighted by molar-refractivity contribution is 5.31. The second-order valence-corrected chi connectivity index (χ2v) is 6.73. The number of aliphatic hydroxyl groups excluding tert-OH is 1. The molecular formula is C18H30N2O6. The number of benzene rings is 1. The highest BCUT2D eigenvalue weighted by Crippen LogP contribution is 2.17. The molecule has 2 atom stereocenters. The van der Waals surface area contributed by atoms with Crippen molar-refractivity contribution in [2.45, 2.75) is 33.3 Å². The summed E-state index contributed by atoms with van der Waals surface area (Å²) in [7, 11) is 0. The molecule has 0 bridgehead atoms. The van der Waals surface area contributed by atoms with Crippen LogP contribution in [0.1, 0.15) is 27.2 Å². The van der Waals surface area contributed by atoms with Crippen LogP contribution in [0.15, 0.2) is 24.3 Å². The molecule has 0 aliphatic heterocycles. The average molecular weight is 370 g/mol. The smallest absolute Gasteiger partial charge is 0.294 e. The molecule has 0 spiro atoms. The van der Waals surface area contributed by atoms with Gasteiger partial charge in [-0.15, -0.1) is 10.1 Å². The van der Waals surface area contributed by atoms with Crippen LogP contribution in [0.5, 0.6) is 11.5 Å². The van der Waals surface area contributed by atoms with Crippen molar-refractivity contribution < 1.29 is 24.5 Å². The van der Waals surface area contributed by atoms with Crippen molar-refractivity contribution in [2.75, 3.05) is 32.9 Å². The zero-order valence-electron chi connectivity index (χ0n) is 15.7. The predicted octanol–water partition coefficient (Wildman–Crippen LogP) is 2.29. The van der Waals surface area contributed by atoms with E-state index in [0.29, 0.717) is 29.9 Å². The van der Waals surface area contributed by atoms with Gasteiger partial charge in [0.25, 0.3) is 5.09 Å². The monoisotopic (exact) mass is 370 g/mol. The number of hydrogen-bond acceptors (Lipinski definition) is 7. The van der Waals surface area contributed by atoms with Gasteiger partial charge in [0.05, 0.1) is 0 Å². The van der Waals surface area contributed by atoms with Gasteiger partial charge < -0.3 is 24.7 Å². The molecule has 26 heavy (non-hydrogen) atoms. The number of aliphatic hydroxyl groups is 1. The highest BCUT2D eigenvalue weighted by Gasteiger charge is 2.08. The first-order valence-electron chi connectivity index (χ1n) is 8.88. The van der Waals surface area contributed by atoms with Crippen molar-refractivity contribution in [1.82, 2.24) is 5.32 Å². The second kappa shape index (κ2) is 12.3. The van der Waals surface area contributed by atoms with Gasteiger partial charge in [-0.2, -0.15) is 0 Å². The molecule has 0 aliphatic carbocycles. The van der Waals surface area contributed by atoms with Crippen LogP contribution in [0.2, 0.25) is 0 Å². The normalized spacial score (nSPS) is 13.3. The summed E-state index contributed by atoms with van der Waals surface area (Å²) in [6, 6.07) is 6.82. The van der Waals surface area contributed by atoms with Crippen LogP contribution in [0, 0.1) is 22.0 Å². The van der Waals surface area contributed by atoms with Gasteiger partial charge in [-0.3, -0.25) is 0 Å². The molecule has 0 saturated heterocycles. The maximum atomic E-state index is 10.0. The molecule has 0 radical (unpaired) electrons. The molecule has 1 rings (SSSR count). The summed E-state index contributed by atoms with van der Waals surface area (Å²) < 4.78 is 10.8. The molecule has 0 aromatic heterocycles. The van der Waals surface area contributed by atoms with Gasteiger partial charge in [0.15, 0.2) is 0 Å². The molecule has 0 heterocycles. The Balaban J connectivity index is 2.18. The Bertz CT molecular complexity index is 509. The van der Waals surface area contributed by atoms with Crippen LogP contribution in [0.3, 0.4) is 0 Å². The lowest BCUT2D eigenvalue weighted by atomic mass is 9.99. The topological polar surface area (TPSA) is 103 Å². The zero-order chi connectivity index (χ0) is 19.4. The van der Waals surface area contributed by atoms with Crippen LogP contribution in [-0.2, 0) is 4.84 Å². The van der Waals surface area contributed by atoms with Gasteiger partial charge in [-0.05, 0) is 49.1 Å². The van der Waals surface area contributed by atoms with Crippen molar-refractivity contribution in [2.24, 2.45) is 11.8 Å². The van der Waals surface area contributed by atoms with Crippen LogP contribution in [-0.4, -0.2) is 49.2 Å². The SMILES string of the molecule is CC(C)CC(C)CNCC(O)COc1ccc(OCCO[N+](=O)[O-])cc1. The number of ether oxygens (including phenoxy) is 2. The van der Waals surface area contributed by atoms with Crippen LogP contribution < -0.4 is 14.8 Å². The van der Waals surface area contributed by atoms with Crippen molar-refractivity contribution in [3.8, 4) is 11.5 Å².